The SMILES string of the molecule is C=C1[C@@H](COCc2ccccc2)C(OCc2ccccc2)C[C@@H]1n1cnc2c(OCc3ccccc3)nc(NC(c3ccccc3)(c3ccccc3)c3ccc(OC)cc3)nc21. The highest BCUT2D eigenvalue weighted by Gasteiger charge is 2.41. The van der Waals surface area contributed by atoms with Crippen LogP contribution in [-0.2, 0) is 34.8 Å². The molecule has 8 aromatic rings. The molecule has 0 bridgehead atoms. The van der Waals surface area contributed by atoms with Gasteiger partial charge in [-0.1, -0.05) is 170 Å². The second kappa shape index (κ2) is 18.7. The van der Waals surface area contributed by atoms with Crippen molar-refractivity contribution in [2.24, 2.45) is 5.92 Å². The van der Waals surface area contributed by atoms with Crippen molar-refractivity contribution in [1.82, 2.24) is 19.5 Å². The predicted octanol–water partition coefficient (Wildman–Crippen LogP) is 10.7. The molecule has 9 rings (SSSR count). The third kappa shape index (κ3) is 8.59. The number of imidazole rings is 1. The summed E-state index contributed by atoms with van der Waals surface area (Å²) in [5, 5.41) is 3.88. The van der Waals surface area contributed by atoms with E-state index in [1.54, 1.807) is 7.11 Å². The topological polar surface area (TPSA) is 92.6 Å². The minimum absolute atomic E-state index is 0.0722. The molecule has 1 aliphatic carbocycles. The van der Waals surface area contributed by atoms with Crippen molar-refractivity contribution in [2.45, 2.75) is 43.9 Å². The molecule has 0 amide bonds. The number of hydrogen-bond acceptors (Lipinski definition) is 8. The van der Waals surface area contributed by atoms with Gasteiger partial charge in [0.1, 0.15) is 17.9 Å². The quantitative estimate of drug-likeness (QED) is 0.0717. The molecule has 310 valence electrons. The third-order valence-electron chi connectivity index (χ3n) is 11.7. The molecule has 1 fully saturated rings. The van der Waals surface area contributed by atoms with Gasteiger partial charge in [0.2, 0.25) is 11.8 Å². The van der Waals surface area contributed by atoms with Crippen molar-refractivity contribution in [2.75, 3.05) is 19.0 Å². The molecule has 0 spiro atoms. The molecule has 0 radical (unpaired) electrons. The first-order valence-corrected chi connectivity index (χ1v) is 21.0. The van der Waals surface area contributed by atoms with Crippen LogP contribution in [0.2, 0.25) is 0 Å². The summed E-state index contributed by atoms with van der Waals surface area (Å²) in [6.45, 7) is 6.45. The van der Waals surface area contributed by atoms with Gasteiger partial charge in [-0.3, -0.25) is 0 Å². The zero-order valence-electron chi connectivity index (χ0n) is 34.7. The summed E-state index contributed by atoms with van der Waals surface area (Å²) in [5.74, 6) is 1.42. The molecule has 2 heterocycles. The minimum atomic E-state index is -0.932. The second-order valence-corrected chi connectivity index (χ2v) is 15.6. The molecule has 1 saturated carbocycles. The number of aromatic nitrogens is 4. The average Bonchev–Trinajstić information content (AvgIpc) is 3.90. The van der Waals surface area contributed by atoms with Gasteiger partial charge in [0.05, 0.1) is 45.4 Å². The van der Waals surface area contributed by atoms with Crippen LogP contribution in [0.25, 0.3) is 11.2 Å². The van der Waals surface area contributed by atoms with Crippen LogP contribution in [0.3, 0.4) is 0 Å². The highest BCUT2D eigenvalue weighted by Crippen LogP contribution is 2.44. The summed E-state index contributed by atoms with van der Waals surface area (Å²) in [7, 11) is 1.68. The number of nitrogens with one attached hydrogen (secondary N) is 1. The van der Waals surface area contributed by atoms with Gasteiger partial charge in [0.15, 0.2) is 11.2 Å². The summed E-state index contributed by atoms with van der Waals surface area (Å²) in [6, 6.07) is 59.2. The number of ether oxygens (including phenoxy) is 4. The highest BCUT2D eigenvalue weighted by atomic mass is 16.5. The lowest BCUT2D eigenvalue weighted by molar-refractivity contribution is -0.0122. The van der Waals surface area contributed by atoms with Crippen LogP contribution >= 0.6 is 0 Å². The van der Waals surface area contributed by atoms with Crippen molar-refractivity contribution in [1.29, 1.82) is 0 Å². The number of rotatable bonds is 17. The van der Waals surface area contributed by atoms with E-state index in [0.29, 0.717) is 55.8 Å². The van der Waals surface area contributed by atoms with Gasteiger partial charge in [-0.15, -0.1) is 0 Å². The molecular formula is C53H49N5O4. The number of hydrogen-bond donors (Lipinski definition) is 1. The molecule has 9 heteroatoms. The Hall–Kier alpha value is -7.07. The number of methoxy groups -OCH3 is 1. The lowest BCUT2D eigenvalue weighted by Crippen LogP contribution is -2.38. The lowest BCUT2D eigenvalue weighted by atomic mass is 9.77. The maximum Gasteiger partial charge on any atom is 0.247 e. The fraction of sp³-hybridized carbons (Fsp3) is 0.189. The van der Waals surface area contributed by atoms with E-state index in [4.69, 9.17) is 40.5 Å². The summed E-state index contributed by atoms with van der Waals surface area (Å²) < 4.78 is 27.4. The van der Waals surface area contributed by atoms with E-state index in [2.05, 4.69) is 70.5 Å². The second-order valence-electron chi connectivity index (χ2n) is 15.6. The van der Waals surface area contributed by atoms with Gasteiger partial charge in [-0.25, -0.2) is 4.98 Å². The molecule has 3 atom stereocenters. The molecule has 2 aromatic heterocycles. The largest absolute Gasteiger partial charge is 0.497 e. The van der Waals surface area contributed by atoms with Crippen LogP contribution in [0, 0.1) is 5.92 Å². The molecule has 6 aromatic carbocycles. The number of benzene rings is 6. The van der Waals surface area contributed by atoms with E-state index in [0.717, 1.165) is 44.7 Å². The normalized spacial score (nSPS) is 16.3. The average molecular weight is 820 g/mol. The number of fused-ring (bicyclic) bond motifs is 1. The van der Waals surface area contributed by atoms with E-state index < -0.39 is 5.54 Å². The molecule has 1 N–H and O–H groups in total. The first kappa shape index (κ1) is 40.3. The van der Waals surface area contributed by atoms with Gasteiger partial charge >= 0.3 is 0 Å². The summed E-state index contributed by atoms with van der Waals surface area (Å²) >= 11 is 0. The Morgan fingerprint density at radius 2 is 1.18 bits per heavy atom. The van der Waals surface area contributed by atoms with Gasteiger partial charge < -0.3 is 28.8 Å². The zero-order valence-corrected chi connectivity index (χ0v) is 34.7. The van der Waals surface area contributed by atoms with E-state index in [1.807, 2.05) is 122 Å². The number of nitrogens with zero attached hydrogens (tertiary/aromatic N) is 4. The van der Waals surface area contributed by atoms with E-state index in [-0.39, 0.29) is 18.1 Å². The van der Waals surface area contributed by atoms with Crippen LogP contribution in [0.1, 0.15) is 45.8 Å². The molecule has 1 aliphatic rings. The zero-order chi connectivity index (χ0) is 42.1. The summed E-state index contributed by atoms with van der Waals surface area (Å²) in [6.07, 6.45) is 2.34. The molecular weight excluding hydrogens is 771 g/mol. The summed E-state index contributed by atoms with van der Waals surface area (Å²) in [4.78, 5) is 15.4. The van der Waals surface area contributed by atoms with Crippen LogP contribution < -0.4 is 14.8 Å². The van der Waals surface area contributed by atoms with Crippen molar-refractivity contribution in [3.63, 3.8) is 0 Å². The Labute approximate surface area is 362 Å². The predicted molar refractivity (Wildman–Crippen MR) is 243 cm³/mol. The first-order valence-electron chi connectivity index (χ1n) is 21.0. The monoisotopic (exact) mass is 819 g/mol. The fourth-order valence-electron chi connectivity index (χ4n) is 8.47. The molecule has 0 aliphatic heterocycles. The Kier molecular flexibility index (Phi) is 12.2. The molecule has 62 heavy (non-hydrogen) atoms. The van der Waals surface area contributed by atoms with Crippen LogP contribution in [0.15, 0.2) is 194 Å². The van der Waals surface area contributed by atoms with Crippen molar-refractivity contribution in [3.8, 4) is 11.6 Å². The van der Waals surface area contributed by atoms with Gasteiger partial charge in [-0.05, 0) is 57.5 Å². The first-order chi connectivity index (χ1) is 30.6. The maximum absolute atomic E-state index is 6.73. The molecule has 9 nitrogen and oxygen atoms in total. The standard InChI is InChI=1S/C53H49N5O4/c1-38-46(36-60-33-39-18-8-3-9-19-39)48(61-34-40-20-10-4-11-21-40)32-47(38)58-37-54-49-50(58)55-52(56-51(49)62-35-41-22-12-5-13-23-41)57-53(42-24-14-6-15-25-42,43-26-16-7-17-27-43)44-28-30-45(59-2)31-29-44/h3-31,37,46-48H,1,32-36H2,2H3,(H,55,56,57)/t46-,47+,48?/m1/s1. The Morgan fingerprint density at radius 1 is 0.645 bits per heavy atom. The third-order valence-corrected chi connectivity index (χ3v) is 11.7. The number of anilines is 1. The lowest BCUT2D eigenvalue weighted by Gasteiger charge is -2.37. The molecule has 0 saturated heterocycles. The summed E-state index contributed by atoms with van der Waals surface area (Å²) in [5.41, 5.74) is 7.45. The van der Waals surface area contributed by atoms with Crippen molar-refractivity contribution >= 4 is 17.1 Å². The highest BCUT2D eigenvalue weighted by molar-refractivity contribution is 5.78. The Morgan fingerprint density at radius 3 is 1.76 bits per heavy atom. The van der Waals surface area contributed by atoms with Crippen molar-refractivity contribution < 1.29 is 18.9 Å². The van der Waals surface area contributed by atoms with Gasteiger partial charge in [0.25, 0.3) is 0 Å². The van der Waals surface area contributed by atoms with E-state index in [1.165, 1.54) is 0 Å². The Bertz CT molecular complexity index is 2640. The van der Waals surface area contributed by atoms with Gasteiger partial charge in [-0.2, -0.15) is 9.97 Å². The van der Waals surface area contributed by atoms with Crippen LogP contribution in [-0.4, -0.2) is 39.3 Å². The van der Waals surface area contributed by atoms with E-state index >= 15 is 0 Å². The van der Waals surface area contributed by atoms with Crippen LogP contribution in [0.4, 0.5) is 5.95 Å². The Balaban J connectivity index is 1.13. The van der Waals surface area contributed by atoms with Crippen molar-refractivity contribution in [3.05, 3.63) is 228 Å². The minimum Gasteiger partial charge on any atom is -0.497 e. The van der Waals surface area contributed by atoms with E-state index in [9.17, 15) is 0 Å². The van der Waals surface area contributed by atoms with Crippen LogP contribution in [0.5, 0.6) is 11.6 Å². The maximum atomic E-state index is 6.73. The van der Waals surface area contributed by atoms with Gasteiger partial charge in [0, 0.05) is 5.92 Å². The molecule has 1 unspecified atom stereocenters. The fourth-order valence-corrected chi connectivity index (χ4v) is 8.47. The smallest absolute Gasteiger partial charge is 0.247 e.